The SMILES string of the molecule is CCCCn1c(=O)n(C)c(=O)c2[nH]c(CN)nc21. The monoisotopic (exact) mass is 251 g/mol. The van der Waals surface area contributed by atoms with E-state index in [2.05, 4.69) is 9.97 Å². The molecule has 0 aliphatic carbocycles. The average Bonchev–Trinajstić information content (AvgIpc) is 2.80. The largest absolute Gasteiger partial charge is 0.335 e. The molecule has 98 valence electrons. The minimum atomic E-state index is -0.366. The smallest absolute Gasteiger partial charge is 0.332 e. The minimum absolute atomic E-state index is 0.208. The van der Waals surface area contributed by atoms with Gasteiger partial charge in [0.1, 0.15) is 11.3 Å². The lowest BCUT2D eigenvalue weighted by molar-refractivity contribution is 0.584. The van der Waals surface area contributed by atoms with Crippen LogP contribution in [0, 0.1) is 0 Å². The molecule has 2 rings (SSSR count). The van der Waals surface area contributed by atoms with Crippen LogP contribution in [0.3, 0.4) is 0 Å². The summed E-state index contributed by atoms with van der Waals surface area (Å²) < 4.78 is 2.62. The second kappa shape index (κ2) is 4.77. The third-order valence-corrected chi connectivity index (χ3v) is 2.95. The van der Waals surface area contributed by atoms with E-state index >= 15 is 0 Å². The van der Waals surface area contributed by atoms with Crippen molar-refractivity contribution < 1.29 is 0 Å². The lowest BCUT2D eigenvalue weighted by Gasteiger charge is -2.07. The number of hydrogen-bond donors (Lipinski definition) is 2. The molecule has 0 bridgehead atoms. The van der Waals surface area contributed by atoms with E-state index in [1.165, 1.54) is 11.6 Å². The second-order valence-corrected chi connectivity index (χ2v) is 4.24. The van der Waals surface area contributed by atoms with Gasteiger partial charge in [-0.15, -0.1) is 0 Å². The predicted molar refractivity (Wildman–Crippen MR) is 68.4 cm³/mol. The van der Waals surface area contributed by atoms with Gasteiger partial charge in [-0.25, -0.2) is 9.78 Å². The molecule has 2 heterocycles. The van der Waals surface area contributed by atoms with Crippen molar-refractivity contribution in [2.24, 2.45) is 12.8 Å². The molecule has 0 aromatic carbocycles. The Morgan fingerprint density at radius 1 is 1.39 bits per heavy atom. The summed E-state index contributed by atoms with van der Waals surface area (Å²) in [6.45, 7) is 2.80. The van der Waals surface area contributed by atoms with E-state index in [0.717, 1.165) is 17.4 Å². The normalized spacial score (nSPS) is 11.3. The lowest BCUT2D eigenvalue weighted by Crippen LogP contribution is -2.38. The number of rotatable bonds is 4. The molecule has 3 N–H and O–H groups in total. The Bertz CT molecular complexity index is 679. The number of aromatic nitrogens is 4. The van der Waals surface area contributed by atoms with Gasteiger partial charge in [0.25, 0.3) is 5.56 Å². The first-order chi connectivity index (χ1) is 8.60. The van der Waals surface area contributed by atoms with Crippen molar-refractivity contribution in [3.05, 3.63) is 26.7 Å². The number of aromatic amines is 1. The second-order valence-electron chi connectivity index (χ2n) is 4.24. The highest BCUT2D eigenvalue weighted by Crippen LogP contribution is 2.06. The number of unbranched alkanes of at least 4 members (excludes halogenated alkanes) is 1. The fraction of sp³-hybridized carbons (Fsp3) is 0.545. The number of fused-ring (bicyclic) bond motifs is 1. The Balaban J connectivity index is 2.77. The van der Waals surface area contributed by atoms with Gasteiger partial charge >= 0.3 is 5.69 Å². The van der Waals surface area contributed by atoms with Gasteiger partial charge in [0.15, 0.2) is 5.65 Å². The van der Waals surface area contributed by atoms with Gasteiger partial charge in [-0.2, -0.15) is 0 Å². The van der Waals surface area contributed by atoms with Gasteiger partial charge in [-0.3, -0.25) is 13.9 Å². The third-order valence-electron chi connectivity index (χ3n) is 2.95. The van der Waals surface area contributed by atoms with Crippen molar-refractivity contribution in [2.75, 3.05) is 0 Å². The summed E-state index contributed by atoms with van der Waals surface area (Å²) >= 11 is 0. The van der Waals surface area contributed by atoms with E-state index in [4.69, 9.17) is 5.73 Å². The van der Waals surface area contributed by atoms with Crippen LogP contribution in [0.15, 0.2) is 9.59 Å². The molecular weight excluding hydrogens is 234 g/mol. The van der Waals surface area contributed by atoms with E-state index in [9.17, 15) is 9.59 Å². The molecule has 0 unspecified atom stereocenters. The van der Waals surface area contributed by atoms with Crippen molar-refractivity contribution in [1.29, 1.82) is 0 Å². The summed E-state index contributed by atoms with van der Waals surface area (Å²) in [7, 11) is 1.47. The summed E-state index contributed by atoms with van der Waals surface area (Å²) in [6.07, 6.45) is 1.82. The van der Waals surface area contributed by atoms with E-state index in [1.54, 1.807) is 0 Å². The zero-order valence-electron chi connectivity index (χ0n) is 10.6. The molecule has 0 aliphatic rings. The zero-order chi connectivity index (χ0) is 13.3. The van der Waals surface area contributed by atoms with Crippen LogP contribution in [0.4, 0.5) is 0 Å². The number of nitrogens with zero attached hydrogens (tertiary/aromatic N) is 3. The van der Waals surface area contributed by atoms with E-state index in [0.29, 0.717) is 23.5 Å². The summed E-state index contributed by atoms with van der Waals surface area (Å²) in [4.78, 5) is 31.1. The number of hydrogen-bond acceptors (Lipinski definition) is 4. The molecule has 0 fully saturated rings. The number of aryl methyl sites for hydroxylation is 1. The average molecular weight is 251 g/mol. The highest BCUT2D eigenvalue weighted by molar-refractivity contribution is 5.69. The predicted octanol–water partition coefficient (Wildman–Crippen LogP) is -0.318. The van der Waals surface area contributed by atoms with E-state index in [1.807, 2.05) is 6.92 Å². The van der Waals surface area contributed by atoms with Crippen LogP contribution in [0.5, 0.6) is 0 Å². The fourth-order valence-electron chi connectivity index (χ4n) is 1.90. The first-order valence-electron chi connectivity index (χ1n) is 5.98. The van der Waals surface area contributed by atoms with Crippen LogP contribution in [0.25, 0.3) is 11.2 Å². The Hall–Kier alpha value is -1.89. The van der Waals surface area contributed by atoms with Crippen LogP contribution in [0.1, 0.15) is 25.6 Å². The maximum atomic E-state index is 12.0. The lowest BCUT2D eigenvalue weighted by atomic mass is 10.3. The van der Waals surface area contributed by atoms with Crippen molar-refractivity contribution in [3.8, 4) is 0 Å². The topological polar surface area (TPSA) is 98.7 Å². The zero-order valence-corrected chi connectivity index (χ0v) is 10.6. The highest BCUT2D eigenvalue weighted by Gasteiger charge is 2.14. The van der Waals surface area contributed by atoms with E-state index in [-0.39, 0.29) is 17.8 Å². The van der Waals surface area contributed by atoms with Gasteiger partial charge in [0, 0.05) is 13.6 Å². The standard InChI is InChI=1S/C11H17N5O2/c1-3-4-5-16-9-8(13-7(6-12)14-9)10(17)15(2)11(16)18/h3-6,12H2,1-2H3,(H,13,14). The van der Waals surface area contributed by atoms with E-state index < -0.39 is 0 Å². The Morgan fingerprint density at radius 3 is 2.72 bits per heavy atom. The van der Waals surface area contributed by atoms with Crippen molar-refractivity contribution >= 4 is 11.2 Å². The molecule has 0 radical (unpaired) electrons. The van der Waals surface area contributed by atoms with Gasteiger partial charge in [-0.05, 0) is 6.42 Å². The molecule has 2 aromatic rings. The summed E-state index contributed by atoms with van der Waals surface area (Å²) in [6, 6.07) is 0. The van der Waals surface area contributed by atoms with Gasteiger partial charge in [-0.1, -0.05) is 13.3 Å². The molecular formula is C11H17N5O2. The first kappa shape index (κ1) is 12.6. The fourth-order valence-corrected chi connectivity index (χ4v) is 1.90. The molecule has 7 heteroatoms. The van der Waals surface area contributed by atoms with Crippen LogP contribution >= 0.6 is 0 Å². The number of H-pyrrole nitrogens is 1. The quantitative estimate of drug-likeness (QED) is 0.778. The molecule has 0 saturated carbocycles. The highest BCUT2D eigenvalue weighted by atomic mass is 16.2. The van der Waals surface area contributed by atoms with Crippen molar-refractivity contribution in [2.45, 2.75) is 32.9 Å². The molecule has 0 aliphatic heterocycles. The molecule has 0 amide bonds. The molecule has 2 aromatic heterocycles. The first-order valence-corrected chi connectivity index (χ1v) is 5.98. The Labute approximate surface area is 103 Å². The molecule has 0 atom stereocenters. The number of nitrogens with one attached hydrogen (secondary N) is 1. The van der Waals surface area contributed by atoms with Crippen LogP contribution < -0.4 is 17.0 Å². The maximum absolute atomic E-state index is 12.0. The van der Waals surface area contributed by atoms with Crippen molar-refractivity contribution in [1.82, 2.24) is 19.1 Å². The van der Waals surface area contributed by atoms with Gasteiger partial charge < -0.3 is 10.7 Å². The Morgan fingerprint density at radius 2 is 2.11 bits per heavy atom. The minimum Gasteiger partial charge on any atom is -0.335 e. The summed E-state index contributed by atoms with van der Waals surface area (Å²) in [5.41, 5.74) is 5.54. The number of nitrogens with two attached hydrogens (primary N) is 1. The van der Waals surface area contributed by atoms with Crippen LogP contribution in [-0.4, -0.2) is 19.1 Å². The molecule has 0 spiro atoms. The summed E-state index contributed by atoms with van der Waals surface area (Å²) in [5.74, 6) is 0.512. The molecule has 7 nitrogen and oxygen atoms in total. The van der Waals surface area contributed by atoms with Gasteiger partial charge in [0.2, 0.25) is 0 Å². The third kappa shape index (κ3) is 1.86. The number of imidazole rings is 1. The molecule has 0 saturated heterocycles. The van der Waals surface area contributed by atoms with Crippen LogP contribution in [0.2, 0.25) is 0 Å². The van der Waals surface area contributed by atoms with Gasteiger partial charge in [0.05, 0.1) is 6.54 Å². The summed E-state index contributed by atoms with van der Waals surface area (Å²) in [5, 5.41) is 0. The van der Waals surface area contributed by atoms with Crippen LogP contribution in [-0.2, 0) is 20.1 Å². The van der Waals surface area contributed by atoms with Crippen molar-refractivity contribution in [3.63, 3.8) is 0 Å². The molecule has 18 heavy (non-hydrogen) atoms. The maximum Gasteiger partial charge on any atom is 0.332 e. The Kier molecular flexibility index (Phi) is 3.33.